The van der Waals surface area contributed by atoms with Gasteiger partial charge < -0.3 is 14.8 Å². The molecule has 4 aliphatic rings. The van der Waals surface area contributed by atoms with Crippen LogP contribution in [0, 0.1) is 11.3 Å². The van der Waals surface area contributed by atoms with Gasteiger partial charge in [0.1, 0.15) is 10.7 Å². The van der Waals surface area contributed by atoms with Crippen LogP contribution >= 0.6 is 12.2 Å². The Bertz CT molecular complexity index is 824. The van der Waals surface area contributed by atoms with Gasteiger partial charge in [0.15, 0.2) is 5.66 Å². The second-order valence-corrected chi connectivity index (χ2v) is 9.59. The Labute approximate surface area is 173 Å². The molecule has 1 unspecified atom stereocenters. The highest BCUT2D eigenvalue weighted by atomic mass is 32.1. The molecule has 1 atom stereocenters. The minimum Gasteiger partial charge on any atom is -0.493 e. The summed E-state index contributed by atoms with van der Waals surface area (Å²) in [6.45, 7) is 2.87. The second kappa shape index (κ2) is 6.81. The van der Waals surface area contributed by atoms with Crippen LogP contribution in [0.1, 0.15) is 63.0 Å². The normalized spacial score (nSPS) is 34.3. The van der Waals surface area contributed by atoms with Crippen LogP contribution in [0.5, 0.6) is 5.75 Å². The van der Waals surface area contributed by atoms with Crippen LogP contribution in [0.2, 0.25) is 0 Å². The molecule has 0 saturated heterocycles. The van der Waals surface area contributed by atoms with Crippen molar-refractivity contribution in [1.29, 1.82) is 0 Å². The summed E-state index contributed by atoms with van der Waals surface area (Å²) in [5.74, 6) is 1.70. The molecule has 0 bridgehead atoms. The van der Waals surface area contributed by atoms with Crippen molar-refractivity contribution in [3.05, 3.63) is 29.3 Å². The minimum absolute atomic E-state index is 0.0682. The van der Waals surface area contributed by atoms with E-state index < -0.39 is 5.66 Å². The van der Waals surface area contributed by atoms with Gasteiger partial charge >= 0.3 is 0 Å². The Kier molecular flexibility index (Phi) is 4.51. The van der Waals surface area contributed by atoms with Crippen LogP contribution in [0.25, 0.3) is 0 Å². The first-order valence-corrected chi connectivity index (χ1v) is 11.1. The highest BCUT2D eigenvalue weighted by molar-refractivity contribution is 7.82. The molecule has 1 aromatic rings. The SMILES string of the molecule is COC1CCC2(CC1)Cc1ccc(OCC3CCC3)cc1C21N=C(C)C(=S)N1. The highest BCUT2D eigenvalue weighted by Gasteiger charge is 2.61. The van der Waals surface area contributed by atoms with Crippen LogP contribution in [0.3, 0.4) is 0 Å². The highest BCUT2D eigenvalue weighted by Crippen LogP contribution is 2.60. The molecule has 2 fully saturated rings. The molecule has 3 aliphatic carbocycles. The molecule has 1 aromatic carbocycles. The quantitative estimate of drug-likeness (QED) is 0.756. The zero-order valence-corrected chi connectivity index (χ0v) is 17.7. The van der Waals surface area contributed by atoms with E-state index in [-0.39, 0.29) is 5.41 Å². The lowest BCUT2D eigenvalue weighted by molar-refractivity contribution is -0.00617. The number of fused-ring (bicyclic) bond motifs is 3. The summed E-state index contributed by atoms with van der Waals surface area (Å²) in [4.78, 5) is 5.99. The maximum Gasteiger partial charge on any atom is 0.163 e. The fraction of sp³-hybridized carbons (Fsp3) is 0.652. The molecule has 0 aromatic heterocycles. The summed E-state index contributed by atoms with van der Waals surface area (Å²) in [7, 11) is 1.83. The van der Waals surface area contributed by atoms with Gasteiger partial charge in [-0.2, -0.15) is 0 Å². The van der Waals surface area contributed by atoms with Gasteiger partial charge in [0, 0.05) is 18.1 Å². The number of hydrogen-bond acceptors (Lipinski definition) is 4. The van der Waals surface area contributed by atoms with E-state index in [1.54, 1.807) is 0 Å². The molecule has 5 rings (SSSR count). The predicted molar refractivity (Wildman–Crippen MR) is 115 cm³/mol. The van der Waals surface area contributed by atoms with Crippen molar-refractivity contribution < 1.29 is 9.47 Å². The Balaban J connectivity index is 1.50. The molecular weight excluding hydrogens is 368 g/mol. The third kappa shape index (κ3) is 2.73. The number of thiocarbonyl (C=S) groups is 1. The van der Waals surface area contributed by atoms with Gasteiger partial charge in [-0.1, -0.05) is 24.7 Å². The van der Waals surface area contributed by atoms with E-state index in [4.69, 9.17) is 26.7 Å². The van der Waals surface area contributed by atoms with Crippen LogP contribution in [0.15, 0.2) is 23.2 Å². The second-order valence-electron chi connectivity index (χ2n) is 9.18. The summed E-state index contributed by atoms with van der Waals surface area (Å²) in [6, 6.07) is 6.65. The topological polar surface area (TPSA) is 42.9 Å². The van der Waals surface area contributed by atoms with Crippen LogP contribution in [0.4, 0.5) is 0 Å². The van der Waals surface area contributed by atoms with E-state index in [0.29, 0.717) is 6.10 Å². The van der Waals surface area contributed by atoms with Crippen molar-refractivity contribution in [1.82, 2.24) is 5.32 Å². The average molecular weight is 399 g/mol. The molecule has 1 N–H and O–H groups in total. The lowest BCUT2D eigenvalue weighted by Crippen LogP contribution is -2.52. The zero-order chi connectivity index (χ0) is 19.4. The largest absolute Gasteiger partial charge is 0.493 e. The smallest absolute Gasteiger partial charge is 0.163 e. The van der Waals surface area contributed by atoms with Gasteiger partial charge in [-0.25, -0.2) is 0 Å². The monoisotopic (exact) mass is 398 g/mol. The predicted octanol–water partition coefficient (Wildman–Crippen LogP) is 4.54. The van der Waals surface area contributed by atoms with Gasteiger partial charge in [-0.05, 0) is 75.5 Å². The van der Waals surface area contributed by atoms with Crippen LogP contribution in [-0.2, 0) is 16.8 Å². The minimum atomic E-state index is -0.432. The molecule has 0 radical (unpaired) electrons. The Morgan fingerprint density at radius 1 is 1.21 bits per heavy atom. The first-order valence-electron chi connectivity index (χ1n) is 10.7. The number of aliphatic imine (C=N–C) groups is 1. The van der Waals surface area contributed by atoms with Crippen molar-refractivity contribution in [3.63, 3.8) is 0 Å². The maximum absolute atomic E-state index is 6.17. The molecule has 5 heteroatoms. The molecule has 0 amide bonds. The average Bonchev–Trinajstić information content (AvgIpc) is 3.10. The maximum atomic E-state index is 6.17. The Morgan fingerprint density at radius 3 is 2.61 bits per heavy atom. The summed E-state index contributed by atoms with van der Waals surface area (Å²) >= 11 is 5.62. The van der Waals surface area contributed by atoms with Crippen molar-refractivity contribution in [2.75, 3.05) is 13.7 Å². The number of methoxy groups -OCH3 is 1. The van der Waals surface area contributed by atoms with Crippen molar-refractivity contribution in [2.24, 2.45) is 16.3 Å². The number of nitrogens with one attached hydrogen (secondary N) is 1. The fourth-order valence-electron chi connectivity index (χ4n) is 5.67. The Morgan fingerprint density at radius 2 is 2.00 bits per heavy atom. The first kappa shape index (κ1) is 18.6. The number of ether oxygens (including phenoxy) is 2. The molecule has 4 nitrogen and oxygen atoms in total. The molecule has 1 heterocycles. The van der Waals surface area contributed by atoms with Gasteiger partial charge in [0.2, 0.25) is 0 Å². The fourth-order valence-corrected chi connectivity index (χ4v) is 5.86. The van der Waals surface area contributed by atoms with Crippen LogP contribution < -0.4 is 10.1 Å². The van der Waals surface area contributed by atoms with E-state index in [2.05, 4.69) is 23.5 Å². The molecule has 150 valence electrons. The number of hydrogen-bond donors (Lipinski definition) is 1. The third-order valence-electron chi connectivity index (χ3n) is 7.66. The zero-order valence-electron chi connectivity index (χ0n) is 16.9. The summed E-state index contributed by atoms with van der Waals surface area (Å²) < 4.78 is 11.8. The van der Waals surface area contributed by atoms with Crippen molar-refractivity contribution >= 4 is 22.9 Å². The van der Waals surface area contributed by atoms with Gasteiger partial charge in [0.05, 0.1) is 18.4 Å². The summed E-state index contributed by atoms with van der Waals surface area (Å²) in [5, 5.41) is 3.67. The lowest BCUT2D eigenvalue weighted by atomic mass is 9.65. The number of benzene rings is 1. The van der Waals surface area contributed by atoms with E-state index in [1.807, 2.05) is 14.0 Å². The van der Waals surface area contributed by atoms with Crippen molar-refractivity contribution in [2.45, 2.75) is 70.1 Å². The van der Waals surface area contributed by atoms with Crippen LogP contribution in [-0.4, -0.2) is 30.5 Å². The molecular formula is C23H30N2O2S. The third-order valence-corrected chi connectivity index (χ3v) is 8.06. The van der Waals surface area contributed by atoms with E-state index in [1.165, 1.54) is 30.4 Å². The van der Waals surface area contributed by atoms with Gasteiger partial charge in [-0.3, -0.25) is 4.99 Å². The van der Waals surface area contributed by atoms with E-state index in [0.717, 1.165) is 61.1 Å². The van der Waals surface area contributed by atoms with Gasteiger partial charge in [0.25, 0.3) is 0 Å². The number of rotatable bonds is 4. The van der Waals surface area contributed by atoms with E-state index in [9.17, 15) is 0 Å². The Hall–Kier alpha value is -1.46. The standard InChI is InChI=1S/C23H30N2O2S/c1-15-21(28)25-23(24-15)20-12-19(27-14-16-4-3-5-16)7-6-17(20)13-22(23)10-8-18(26-2)9-11-22/h6-7,12,16,18H,3-5,8-11,13-14H2,1-2H3,(H,25,28). The van der Waals surface area contributed by atoms with Gasteiger partial charge in [-0.15, -0.1) is 0 Å². The molecule has 28 heavy (non-hydrogen) atoms. The van der Waals surface area contributed by atoms with E-state index >= 15 is 0 Å². The number of nitrogens with zero attached hydrogens (tertiary/aromatic N) is 1. The molecule has 2 saturated carbocycles. The molecule has 2 spiro atoms. The molecule has 1 aliphatic heterocycles. The lowest BCUT2D eigenvalue weighted by Gasteiger charge is -2.46. The summed E-state index contributed by atoms with van der Waals surface area (Å²) in [5.41, 5.74) is 3.25. The first-order chi connectivity index (χ1) is 13.6. The summed E-state index contributed by atoms with van der Waals surface area (Å²) in [6.07, 6.45) is 9.74. The van der Waals surface area contributed by atoms with Crippen molar-refractivity contribution in [3.8, 4) is 5.75 Å².